The van der Waals surface area contributed by atoms with E-state index in [-0.39, 0.29) is 11.5 Å². The summed E-state index contributed by atoms with van der Waals surface area (Å²) in [4.78, 5) is 17.5. The number of fused-ring (bicyclic) bond motifs is 1. The number of hydrogen-bond donors (Lipinski definition) is 0. The number of aryl methyl sites for hydroxylation is 2. The first-order valence-electron chi connectivity index (χ1n) is 9.40. The van der Waals surface area contributed by atoms with Crippen LogP contribution in [0.15, 0.2) is 59.6 Å². The van der Waals surface area contributed by atoms with E-state index in [1.165, 1.54) is 11.8 Å². The number of carbonyl (C=O) groups excluding carboxylic acids is 1. The number of ketones is 1. The minimum atomic E-state index is 0.00173. The van der Waals surface area contributed by atoms with Gasteiger partial charge in [-0.15, -0.1) is 0 Å². The summed E-state index contributed by atoms with van der Waals surface area (Å²) >= 11 is 7.48. The molecule has 0 N–H and O–H groups in total. The molecule has 5 nitrogen and oxygen atoms in total. The number of nitrogens with zero attached hydrogens (tertiary/aromatic N) is 3. The smallest absolute Gasteiger partial charge is 0.176 e. The van der Waals surface area contributed by atoms with Gasteiger partial charge in [0.1, 0.15) is 10.8 Å². The van der Waals surface area contributed by atoms with Gasteiger partial charge in [-0.25, -0.2) is 9.50 Å². The van der Waals surface area contributed by atoms with Crippen LogP contribution in [-0.2, 0) is 0 Å². The van der Waals surface area contributed by atoms with Gasteiger partial charge in [-0.05, 0) is 49.7 Å². The van der Waals surface area contributed by atoms with Crippen molar-refractivity contribution in [1.82, 2.24) is 14.6 Å². The molecule has 0 aliphatic rings. The fourth-order valence-electron chi connectivity index (χ4n) is 3.36. The lowest BCUT2D eigenvalue weighted by Gasteiger charge is -2.09. The van der Waals surface area contributed by atoms with Crippen LogP contribution in [0.25, 0.3) is 16.8 Å². The molecule has 0 radical (unpaired) electrons. The van der Waals surface area contributed by atoms with E-state index in [9.17, 15) is 4.79 Å². The van der Waals surface area contributed by atoms with E-state index < -0.39 is 0 Å². The van der Waals surface area contributed by atoms with E-state index in [1.54, 1.807) is 19.2 Å². The minimum absolute atomic E-state index is 0.00173. The molecule has 0 unspecified atom stereocenters. The maximum absolute atomic E-state index is 12.8. The van der Waals surface area contributed by atoms with E-state index in [4.69, 9.17) is 26.4 Å². The van der Waals surface area contributed by atoms with Crippen LogP contribution in [0.4, 0.5) is 0 Å². The highest BCUT2D eigenvalue weighted by atomic mass is 35.5. The van der Waals surface area contributed by atoms with Crippen molar-refractivity contribution in [2.45, 2.75) is 18.9 Å². The Labute approximate surface area is 184 Å². The summed E-state index contributed by atoms with van der Waals surface area (Å²) < 4.78 is 7.13. The van der Waals surface area contributed by atoms with Gasteiger partial charge < -0.3 is 4.74 Å². The van der Waals surface area contributed by atoms with Crippen molar-refractivity contribution in [3.8, 4) is 16.9 Å². The highest BCUT2D eigenvalue weighted by Gasteiger charge is 2.18. The molecule has 2 heterocycles. The van der Waals surface area contributed by atoms with Gasteiger partial charge in [-0.1, -0.05) is 47.6 Å². The lowest BCUT2D eigenvalue weighted by atomic mass is 10.1. The van der Waals surface area contributed by atoms with E-state index in [0.29, 0.717) is 16.3 Å². The molecule has 0 aliphatic heterocycles. The number of thioether (sulfide) groups is 1. The third-order valence-electron chi connectivity index (χ3n) is 4.75. The third-order valence-corrected chi connectivity index (χ3v) is 6.00. The molecule has 0 bridgehead atoms. The van der Waals surface area contributed by atoms with Crippen LogP contribution in [0.5, 0.6) is 5.75 Å². The van der Waals surface area contributed by atoms with E-state index in [0.717, 1.165) is 33.2 Å². The third kappa shape index (κ3) is 3.93. The zero-order chi connectivity index (χ0) is 21.3. The maximum atomic E-state index is 12.8. The fraction of sp³-hybridized carbons (Fsp3) is 0.174. The molecule has 0 fully saturated rings. The summed E-state index contributed by atoms with van der Waals surface area (Å²) in [6, 6.07) is 16.9. The topological polar surface area (TPSA) is 56.5 Å². The Kier molecular flexibility index (Phi) is 5.79. The number of halogens is 1. The molecule has 4 rings (SSSR count). The lowest BCUT2D eigenvalue weighted by molar-refractivity contribution is 0.101. The molecule has 7 heteroatoms. The molecule has 152 valence electrons. The molecule has 30 heavy (non-hydrogen) atoms. The number of para-hydroxylation sites is 1. The van der Waals surface area contributed by atoms with Crippen LogP contribution < -0.4 is 4.74 Å². The summed E-state index contributed by atoms with van der Waals surface area (Å²) in [5, 5.41) is 6.25. The average molecular weight is 438 g/mol. The number of benzene rings is 2. The van der Waals surface area contributed by atoms with Crippen molar-refractivity contribution in [2.24, 2.45) is 0 Å². The quantitative estimate of drug-likeness (QED) is 0.221. The molecule has 0 saturated heterocycles. The van der Waals surface area contributed by atoms with Gasteiger partial charge in [0.25, 0.3) is 0 Å². The second-order valence-corrected chi connectivity index (χ2v) is 8.28. The monoisotopic (exact) mass is 437 g/mol. The molecule has 2 aromatic heterocycles. The molecular formula is C23H20ClN3O2S. The largest absolute Gasteiger partial charge is 0.496 e. The number of methoxy groups -OCH3 is 1. The second kappa shape index (κ2) is 8.50. The van der Waals surface area contributed by atoms with Gasteiger partial charge in [0.2, 0.25) is 0 Å². The second-order valence-electron chi connectivity index (χ2n) is 6.85. The minimum Gasteiger partial charge on any atom is -0.496 e. The predicted molar refractivity (Wildman–Crippen MR) is 121 cm³/mol. The molecular weight excluding hydrogens is 418 g/mol. The van der Waals surface area contributed by atoms with E-state index >= 15 is 0 Å². The molecule has 0 atom stereocenters. The van der Waals surface area contributed by atoms with Crippen molar-refractivity contribution in [2.75, 3.05) is 12.9 Å². The standard InChI is InChI=1S/C23H20ClN3O2S/c1-14-12-21(30-13-19(28)18-6-4-5-7-20(18)29-3)27-23(25-14)22(15(2)26-27)16-8-10-17(24)11-9-16/h4-12H,13H2,1-3H3. The number of hydrogen-bond acceptors (Lipinski definition) is 5. The molecule has 4 aromatic rings. The van der Waals surface area contributed by atoms with Crippen LogP contribution in [0.2, 0.25) is 5.02 Å². The molecule has 0 amide bonds. The van der Waals surface area contributed by atoms with Gasteiger partial charge in [-0.3, -0.25) is 4.79 Å². The van der Waals surface area contributed by atoms with Gasteiger partial charge in [-0.2, -0.15) is 5.10 Å². The summed E-state index contributed by atoms with van der Waals surface area (Å²) in [6.07, 6.45) is 0. The van der Waals surface area contributed by atoms with Crippen molar-refractivity contribution in [3.63, 3.8) is 0 Å². The van der Waals surface area contributed by atoms with Gasteiger partial charge >= 0.3 is 0 Å². The van der Waals surface area contributed by atoms with Gasteiger partial charge in [0.05, 0.1) is 24.1 Å². The highest BCUT2D eigenvalue weighted by Crippen LogP contribution is 2.31. The number of ether oxygens (including phenoxy) is 1. The molecule has 0 saturated carbocycles. The molecule has 2 aromatic carbocycles. The van der Waals surface area contributed by atoms with Gasteiger partial charge in [0.15, 0.2) is 11.4 Å². The fourth-order valence-corrected chi connectivity index (χ4v) is 4.42. The van der Waals surface area contributed by atoms with Crippen molar-refractivity contribution in [3.05, 3.63) is 76.6 Å². The predicted octanol–water partition coefficient (Wildman–Crippen LogP) is 5.65. The SMILES string of the molecule is COc1ccccc1C(=O)CSc1cc(C)nc2c(-c3ccc(Cl)cc3)c(C)nn12. The Hall–Kier alpha value is -2.83. The first-order valence-corrected chi connectivity index (χ1v) is 10.8. The normalized spacial score (nSPS) is 11.1. The number of aromatic nitrogens is 3. The van der Waals surface area contributed by atoms with Gasteiger partial charge in [0, 0.05) is 16.3 Å². The maximum Gasteiger partial charge on any atom is 0.176 e. The Bertz CT molecular complexity index is 1240. The van der Waals surface area contributed by atoms with E-state index in [1.807, 2.05) is 60.8 Å². The van der Waals surface area contributed by atoms with Crippen LogP contribution in [0.1, 0.15) is 21.7 Å². The Morgan fingerprint density at radius 1 is 1.13 bits per heavy atom. The average Bonchev–Trinajstić information content (AvgIpc) is 3.08. The first kappa shape index (κ1) is 20.4. The summed E-state index contributed by atoms with van der Waals surface area (Å²) in [5.74, 6) is 0.856. The van der Waals surface area contributed by atoms with Crippen LogP contribution in [-0.4, -0.2) is 33.2 Å². The number of Topliss-reactive ketones (excluding diaryl/α,β-unsaturated/α-hetero) is 1. The van der Waals surface area contributed by atoms with Crippen LogP contribution in [0, 0.1) is 13.8 Å². The van der Waals surface area contributed by atoms with Crippen molar-refractivity contribution >= 4 is 34.8 Å². The highest BCUT2D eigenvalue weighted by molar-refractivity contribution is 7.99. The van der Waals surface area contributed by atoms with Crippen molar-refractivity contribution in [1.29, 1.82) is 0 Å². The van der Waals surface area contributed by atoms with Crippen LogP contribution >= 0.6 is 23.4 Å². The number of rotatable bonds is 6. The first-order chi connectivity index (χ1) is 14.5. The lowest BCUT2D eigenvalue weighted by Crippen LogP contribution is -2.06. The molecule has 0 spiro atoms. The Morgan fingerprint density at radius 2 is 1.87 bits per heavy atom. The van der Waals surface area contributed by atoms with Crippen LogP contribution in [0.3, 0.4) is 0 Å². The summed E-state index contributed by atoms with van der Waals surface area (Å²) in [7, 11) is 1.57. The summed E-state index contributed by atoms with van der Waals surface area (Å²) in [6.45, 7) is 3.91. The van der Waals surface area contributed by atoms with E-state index in [2.05, 4.69) is 0 Å². The van der Waals surface area contributed by atoms with Crippen molar-refractivity contribution < 1.29 is 9.53 Å². The zero-order valence-corrected chi connectivity index (χ0v) is 18.4. The number of carbonyl (C=O) groups is 1. The molecule has 0 aliphatic carbocycles. The Balaban J connectivity index is 1.69. The Morgan fingerprint density at radius 3 is 2.60 bits per heavy atom. The summed E-state index contributed by atoms with van der Waals surface area (Å²) in [5.41, 5.74) is 5.05. The zero-order valence-electron chi connectivity index (χ0n) is 16.8.